The minimum absolute atomic E-state index is 0.628. The first-order valence-electron chi connectivity index (χ1n) is 17.8. The molecule has 0 amide bonds. The quantitative estimate of drug-likeness (QED) is 0.176. The van der Waals surface area contributed by atoms with E-state index in [1.165, 1.54) is 16.3 Å². The van der Waals surface area contributed by atoms with Crippen LogP contribution in [0.5, 0.6) is 0 Å². The van der Waals surface area contributed by atoms with Crippen molar-refractivity contribution in [2.75, 3.05) is 0 Å². The minimum atomic E-state index is 0.628. The van der Waals surface area contributed by atoms with Gasteiger partial charge in [0.25, 0.3) is 0 Å². The van der Waals surface area contributed by atoms with Crippen LogP contribution < -0.4 is 0 Å². The molecule has 0 bridgehead atoms. The van der Waals surface area contributed by atoms with E-state index in [1.54, 1.807) is 0 Å². The van der Waals surface area contributed by atoms with Crippen molar-refractivity contribution in [3.63, 3.8) is 0 Å². The number of oxazole rings is 1. The Morgan fingerprint density at radius 3 is 1.81 bits per heavy atom. The van der Waals surface area contributed by atoms with E-state index in [-0.39, 0.29) is 0 Å². The molecule has 0 spiro atoms. The van der Waals surface area contributed by atoms with E-state index >= 15 is 0 Å². The van der Waals surface area contributed by atoms with Gasteiger partial charge in [-0.1, -0.05) is 158 Å². The predicted octanol–water partition coefficient (Wildman–Crippen LogP) is 12.9. The Hall–Kier alpha value is -7.17. The molecule has 2 heterocycles. The summed E-state index contributed by atoms with van der Waals surface area (Å²) in [5.74, 6) is 1.34. The third-order valence-corrected chi connectivity index (χ3v) is 9.95. The predicted molar refractivity (Wildman–Crippen MR) is 217 cm³/mol. The molecule has 53 heavy (non-hydrogen) atoms. The first-order valence-corrected chi connectivity index (χ1v) is 17.8. The van der Waals surface area contributed by atoms with E-state index < -0.39 is 0 Å². The van der Waals surface area contributed by atoms with Crippen molar-refractivity contribution in [3.8, 4) is 67.5 Å². The second-order valence-electron chi connectivity index (χ2n) is 13.2. The van der Waals surface area contributed by atoms with Crippen LogP contribution >= 0.6 is 0 Å². The number of hydrogen-bond acceptors (Lipinski definition) is 4. The van der Waals surface area contributed by atoms with Crippen molar-refractivity contribution in [3.05, 3.63) is 188 Å². The normalized spacial score (nSPS) is 11.4. The van der Waals surface area contributed by atoms with Crippen molar-refractivity contribution in [2.24, 2.45) is 0 Å². The zero-order valence-corrected chi connectivity index (χ0v) is 28.6. The lowest BCUT2D eigenvalue weighted by atomic mass is 9.86. The Labute approximate surface area is 306 Å². The topological polar surface area (TPSA) is 51.8 Å². The van der Waals surface area contributed by atoms with Gasteiger partial charge in [-0.05, 0) is 74.5 Å². The number of benzene rings is 8. The maximum absolute atomic E-state index is 6.09. The summed E-state index contributed by atoms with van der Waals surface area (Å²) in [6, 6.07) is 65.4. The number of nitrogens with zero attached hydrogens (tertiary/aromatic N) is 3. The highest BCUT2D eigenvalue weighted by molar-refractivity contribution is 6.09. The van der Waals surface area contributed by atoms with Gasteiger partial charge in [-0.15, -0.1) is 0 Å². The molecule has 4 heteroatoms. The van der Waals surface area contributed by atoms with E-state index in [0.717, 1.165) is 72.2 Å². The van der Waals surface area contributed by atoms with Crippen molar-refractivity contribution in [1.82, 2.24) is 15.0 Å². The Kier molecular flexibility index (Phi) is 7.43. The van der Waals surface area contributed by atoms with Gasteiger partial charge in [0, 0.05) is 22.1 Å². The van der Waals surface area contributed by atoms with Gasteiger partial charge in [0.15, 0.2) is 11.4 Å². The molecule has 10 rings (SSSR count). The molecular weight excluding hydrogens is 647 g/mol. The lowest BCUT2D eigenvalue weighted by Gasteiger charge is -2.18. The largest absolute Gasteiger partial charge is 0.436 e. The van der Waals surface area contributed by atoms with Gasteiger partial charge in [0.05, 0.1) is 11.2 Å². The molecule has 0 aliphatic carbocycles. The van der Waals surface area contributed by atoms with Crippen molar-refractivity contribution < 1.29 is 4.42 Å². The van der Waals surface area contributed by atoms with Crippen LogP contribution in [-0.4, -0.2) is 15.0 Å². The SMILES string of the molecule is c1ccc(-c2nc(-c3ccccc3-c3c(-c4ccc(-c5ccc6oc(-c7ccccc7)nc6c5)cc4)ccc4ccccc34)c3ccccc3n2)cc1. The highest BCUT2D eigenvalue weighted by atomic mass is 16.3. The van der Waals surface area contributed by atoms with E-state index in [2.05, 4.69) is 127 Å². The maximum Gasteiger partial charge on any atom is 0.227 e. The van der Waals surface area contributed by atoms with Crippen LogP contribution in [0.15, 0.2) is 192 Å². The first-order chi connectivity index (χ1) is 26.3. The fraction of sp³-hybridized carbons (Fsp3) is 0. The Bertz CT molecular complexity index is 2930. The molecule has 0 fully saturated rings. The zero-order chi connectivity index (χ0) is 35.1. The standard InChI is InChI=1S/C49H31N3O/c1-3-14-35(15-4-1)48-50-43-22-12-11-21-42(43)47(52-48)41-20-10-9-19-40(41)46-38-18-8-7-13-33(38)27-29-39(46)34-25-23-32(24-26-34)37-28-30-45-44(31-37)51-49(53-45)36-16-5-2-6-17-36/h1-31H. The summed E-state index contributed by atoms with van der Waals surface area (Å²) in [5, 5.41) is 3.39. The molecule has 2 aromatic heterocycles. The van der Waals surface area contributed by atoms with Crippen LogP contribution in [0.3, 0.4) is 0 Å². The molecular formula is C49H31N3O. The third kappa shape index (κ3) is 5.54. The molecule has 0 N–H and O–H groups in total. The van der Waals surface area contributed by atoms with Crippen LogP contribution in [0.2, 0.25) is 0 Å². The Balaban J connectivity index is 1.11. The fourth-order valence-corrected chi connectivity index (χ4v) is 7.36. The average molecular weight is 678 g/mol. The van der Waals surface area contributed by atoms with Crippen LogP contribution in [0, 0.1) is 0 Å². The number of aromatic nitrogens is 3. The highest BCUT2D eigenvalue weighted by Crippen LogP contribution is 2.44. The van der Waals surface area contributed by atoms with Gasteiger partial charge in [-0.3, -0.25) is 0 Å². The van der Waals surface area contributed by atoms with Gasteiger partial charge >= 0.3 is 0 Å². The molecule has 0 aliphatic heterocycles. The zero-order valence-electron chi connectivity index (χ0n) is 28.6. The molecule has 0 aliphatic rings. The van der Waals surface area contributed by atoms with Crippen LogP contribution in [0.1, 0.15) is 0 Å². The molecule has 4 nitrogen and oxygen atoms in total. The summed E-state index contributed by atoms with van der Waals surface area (Å²) in [6.45, 7) is 0. The summed E-state index contributed by atoms with van der Waals surface area (Å²) in [7, 11) is 0. The lowest BCUT2D eigenvalue weighted by molar-refractivity contribution is 0.620. The second kappa shape index (κ2) is 12.9. The molecule has 10 aromatic rings. The average Bonchev–Trinajstić information content (AvgIpc) is 3.67. The summed E-state index contributed by atoms with van der Waals surface area (Å²) < 4.78 is 6.09. The Morgan fingerprint density at radius 1 is 0.358 bits per heavy atom. The van der Waals surface area contributed by atoms with Gasteiger partial charge in [-0.25, -0.2) is 15.0 Å². The summed E-state index contributed by atoms with van der Waals surface area (Å²) in [5.41, 5.74) is 13.3. The molecule has 0 unspecified atom stereocenters. The molecule has 8 aromatic carbocycles. The smallest absolute Gasteiger partial charge is 0.227 e. The molecule has 248 valence electrons. The second-order valence-corrected chi connectivity index (χ2v) is 13.2. The number of rotatable bonds is 6. The minimum Gasteiger partial charge on any atom is -0.436 e. The van der Waals surface area contributed by atoms with Gasteiger partial charge in [-0.2, -0.15) is 0 Å². The number of fused-ring (bicyclic) bond motifs is 3. The van der Waals surface area contributed by atoms with E-state index in [1.807, 2.05) is 60.7 Å². The maximum atomic E-state index is 6.09. The molecule has 0 saturated heterocycles. The monoisotopic (exact) mass is 677 g/mol. The first kappa shape index (κ1) is 30.6. The molecule has 0 saturated carbocycles. The van der Waals surface area contributed by atoms with Crippen LogP contribution in [-0.2, 0) is 0 Å². The van der Waals surface area contributed by atoms with E-state index in [9.17, 15) is 0 Å². The van der Waals surface area contributed by atoms with Gasteiger partial charge < -0.3 is 4.42 Å². The van der Waals surface area contributed by atoms with Gasteiger partial charge in [0.1, 0.15) is 5.52 Å². The number of para-hydroxylation sites is 1. The fourth-order valence-electron chi connectivity index (χ4n) is 7.36. The van der Waals surface area contributed by atoms with Gasteiger partial charge in [0.2, 0.25) is 5.89 Å². The van der Waals surface area contributed by atoms with Crippen LogP contribution in [0.4, 0.5) is 0 Å². The molecule has 0 radical (unpaired) electrons. The summed E-state index contributed by atoms with van der Waals surface area (Å²) >= 11 is 0. The highest BCUT2D eigenvalue weighted by Gasteiger charge is 2.19. The summed E-state index contributed by atoms with van der Waals surface area (Å²) in [4.78, 5) is 15.1. The third-order valence-electron chi connectivity index (χ3n) is 9.95. The molecule has 0 atom stereocenters. The van der Waals surface area contributed by atoms with Crippen LogP contribution in [0.25, 0.3) is 100 Å². The van der Waals surface area contributed by atoms with E-state index in [4.69, 9.17) is 19.4 Å². The Morgan fingerprint density at radius 2 is 1.00 bits per heavy atom. The lowest BCUT2D eigenvalue weighted by Crippen LogP contribution is -1.97. The van der Waals surface area contributed by atoms with Crippen molar-refractivity contribution in [1.29, 1.82) is 0 Å². The van der Waals surface area contributed by atoms with E-state index in [0.29, 0.717) is 11.7 Å². The summed E-state index contributed by atoms with van der Waals surface area (Å²) in [6.07, 6.45) is 0. The van der Waals surface area contributed by atoms with Crippen molar-refractivity contribution in [2.45, 2.75) is 0 Å². The number of hydrogen-bond donors (Lipinski definition) is 0. The van der Waals surface area contributed by atoms with Crippen molar-refractivity contribution >= 4 is 32.8 Å².